The average Bonchev–Trinajstić information content (AvgIpc) is 3.38. The molecule has 0 fully saturated rings. The first-order valence-electron chi connectivity index (χ1n) is 12.9. The normalized spacial score (nSPS) is 12.1. The number of aromatic nitrogens is 1. The Bertz CT molecular complexity index is 1890. The van der Waals surface area contributed by atoms with Gasteiger partial charge in [-0.2, -0.15) is 0 Å². The summed E-state index contributed by atoms with van der Waals surface area (Å²) in [6.45, 7) is 3.57. The van der Waals surface area contributed by atoms with Crippen LogP contribution in [0.4, 0.5) is 20.6 Å². The van der Waals surface area contributed by atoms with E-state index in [1.165, 1.54) is 22.2 Å². The van der Waals surface area contributed by atoms with Crippen LogP contribution in [0.3, 0.4) is 0 Å². The number of nitrogens with zero attached hydrogens (tertiary/aromatic N) is 2. The molecule has 1 unspecified atom stereocenters. The van der Waals surface area contributed by atoms with Crippen molar-refractivity contribution in [3.63, 3.8) is 0 Å². The molecule has 0 saturated carbocycles. The van der Waals surface area contributed by atoms with Gasteiger partial charge in [0.05, 0.1) is 33.4 Å². The largest absolute Gasteiger partial charge is 0.332 e. The Balaban J connectivity index is 1.35. The smallest absolute Gasteiger partial charge is 0.329 e. The molecule has 3 amide bonds. The first kappa shape index (κ1) is 28.9. The third-order valence-corrected chi connectivity index (χ3v) is 8.89. The van der Waals surface area contributed by atoms with E-state index in [0.29, 0.717) is 28.0 Å². The van der Waals surface area contributed by atoms with E-state index in [0.717, 1.165) is 9.87 Å². The molecule has 42 heavy (non-hydrogen) atoms. The Morgan fingerprint density at radius 3 is 2.24 bits per heavy atom. The highest BCUT2D eigenvalue weighted by atomic mass is 32.2. The van der Waals surface area contributed by atoms with Crippen LogP contribution in [0.15, 0.2) is 108 Å². The number of fused-ring (bicyclic) bond motifs is 1. The van der Waals surface area contributed by atoms with Gasteiger partial charge < -0.3 is 10.6 Å². The van der Waals surface area contributed by atoms with E-state index < -0.39 is 33.8 Å². The first-order chi connectivity index (χ1) is 20.1. The number of rotatable bonds is 7. The van der Waals surface area contributed by atoms with Gasteiger partial charge in [0.15, 0.2) is 0 Å². The van der Waals surface area contributed by atoms with Crippen LogP contribution < -0.4 is 14.9 Å². The molecule has 5 aromatic rings. The van der Waals surface area contributed by atoms with Crippen LogP contribution in [0.1, 0.15) is 34.6 Å². The highest BCUT2D eigenvalue weighted by molar-refractivity contribution is 7.90. The lowest BCUT2D eigenvalue weighted by Gasteiger charge is -2.22. The fourth-order valence-electron chi connectivity index (χ4n) is 4.50. The maximum Gasteiger partial charge on any atom is 0.332 e. The summed E-state index contributed by atoms with van der Waals surface area (Å²) < 4.78 is 43.8. The van der Waals surface area contributed by atoms with Crippen molar-refractivity contribution >= 4 is 57.1 Å². The number of carbonyl (C=O) groups is 2. The Labute approximate surface area is 248 Å². The van der Waals surface area contributed by atoms with Crippen molar-refractivity contribution in [3.8, 4) is 0 Å². The average molecular weight is 603 g/mol. The Morgan fingerprint density at radius 2 is 1.55 bits per heavy atom. The van der Waals surface area contributed by atoms with Gasteiger partial charge in [-0.3, -0.25) is 4.79 Å². The van der Waals surface area contributed by atoms with Crippen molar-refractivity contribution in [2.24, 2.45) is 0 Å². The topological polar surface area (TPSA) is 101 Å². The highest BCUT2D eigenvalue weighted by Gasteiger charge is 2.27. The predicted molar refractivity (Wildman–Crippen MR) is 165 cm³/mol. The molecule has 1 atom stereocenters. The van der Waals surface area contributed by atoms with Crippen LogP contribution in [-0.2, 0) is 10.0 Å². The van der Waals surface area contributed by atoms with E-state index >= 15 is 0 Å². The quantitative estimate of drug-likeness (QED) is 0.181. The Hall–Kier alpha value is -4.61. The minimum atomic E-state index is -3.99. The summed E-state index contributed by atoms with van der Waals surface area (Å²) in [6, 6.07) is 26.0. The van der Waals surface area contributed by atoms with Gasteiger partial charge >= 0.3 is 6.03 Å². The number of hydrogen-bond acceptors (Lipinski definition) is 5. The molecule has 11 heteroatoms. The molecule has 2 N–H and O–H groups in total. The number of aryl methyl sites for hydroxylation is 1. The second-order valence-electron chi connectivity index (χ2n) is 9.67. The van der Waals surface area contributed by atoms with E-state index in [4.69, 9.17) is 0 Å². The number of thiol groups is 1. The number of amides is 3. The highest BCUT2D eigenvalue weighted by Crippen LogP contribution is 2.30. The van der Waals surface area contributed by atoms with E-state index in [1.807, 2.05) is 19.1 Å². The third kappa shape index (κ3) is 5.74. The van der Waals surface area contributed by atoms with Crippen LogP contribution in [0.2, 0.25) is 0 Å². The van der Waals surface area contributed by atoms with E-state index in [9.17, 15) is 22.4 Å². The molecule has 0 aliphatic carbocycles. The summed E-state index contributed by atoms with van der Waals surface area (Å²) in [5.74, 6) is -1.24. The molecule has 0 bridgehead atoms. The molecule has 0 aliphatic heterocycles. The monoisotopic (exact) mass is 602 g/mol. The molecule has 0 aliphatic rings. The fourth-order valence-corrected chi connectivity index (χ4v) is 6.30. The lowest BCUT2D eigenvalue weighted by molar-refractivity contribution is 0.102. The molecule has 214 valence electrons. The SMILES string of the molecule is Cc1ccc(S(=O)(=O)n2c(C(C)NC(=O)N(S)c3ccc(NC(=O)c4ccccc4F)cc3)cc3ccccc32)cc1. The number of urea groups is 1. The van der Waals surface area contributed by atoms with E-state index in [-0.39, 0.29) is 10.5 Å². The van der Waals surface area contributed by atoms with Crippen molar-refractivity contribution < 1.29 is 22.4 Å². The van der Waals surface area contributed by atoms with Gasteiger partial charge in [0.2, 0.25) is 0 Å². The molecule has 1 heterocycles. The van der Waals surface area contributed by atoms with E-state index in [2.05, 4.69) is 23.4 Å². The number of anilines is 2. The number of para-hydroxylation sites is 1. The van der Waals surface area contributed by atoms with Crippen molar-refractivity contribution in [2.45, 2.75) is 24.8 Å². The number of nitrogens with one attached hydrogen (secondary N) is 2. The molecule has 0 radical (unpaired) electrons. The summed E-state index contributed by atoms with van der Waals surface area (Å²) >= 11 is 4.34. The molecule has 8 nitrogen and oxygen atoms in total. The van der Waals surface area contributed by atoms with Gasteiger partial charge in [0.25, 0.3) is 15.9 Å². The number of halogens is 1. The summed E-state index contributed by atoms with van der Waals surface area (Å²) in [5, 5.41) is 6.14. The second kappa shape index (κ2) is 11.7. The molecule has 0 saturated heterocycles. The lowest BCUT2D eigenvalue weighted by Crippen LogP contribution is -2.36. The fraction of sp³-hybridized carbons (Fsp3) is 0.0968. The number of carbonyl (C=O) groups excluding carboxylic acids is 2. The lowest BCUT2D eigenvalue weighted by atomic mass is 10.2. The number of hydrogen-bond donors (Lipinski definition) is 3. The Kier molecular flexibility index (Phi) is 8.06. The molecule has 5 rings (SSSR count). The van der Waals surface area contributed by atoms with E-state index in [1.54, 1.807) is 79.7 Å². The third-order valence-electron chi connectivity index (χ3n) is 6.72. The zero-order valence-electron chi connectivity index (χ0n) is 22.7. The van der Waals surface area contributed by atoms with Gasteiger partial charge in [-0.25, -0.2) is 25.9 Å². The molecular weight excluding hydrogens is 575 g/mol. The minimum Gasteiger partial charge on any atom is -0.329 e. The van der Waals surface area contributed by atoms with Gasteiger partial charge in [0, 0.05) is 11.1 Å². The first-order valence-corrected chi connectivity index (χ1v) is 14.8. The van der Waals surface area contributed by atoms with Crippen LogP contribution in [-0.4, -0.2) is 24.3 Å². The summed E-state index contributed by atoms with van der Waals surface area (Å²) in [6.07, 6.45) is 0. The van der Waals surface area contributed by atoms with Crippen LogP contribution >= 0.6 is 12.8 Å². The number of benzene rings is 4. The van der Waals surface area contributed by atoms with Gasteiger partial charge in [0.1, 0.15) is 5.82 Å². The zero-order chi connectivity index (χ0) is 30.0. The molecule has 4 aromatic carbocycles. The van der Waals surface area contributed by atoms with Crippen molar-refractivity contribution in [1.82, 2.24) is 9.29 Å². The van der Waals surface area contributed by atoms with Crippen LogP contribution in [0.25, 0.3) is 10.9 Å². The zero-order valence-corrected chi connectivity index (χ0v) is 24.4. The summed E-state index contributed by atoms with van der Waals surface area (Å²) in [4.78, 5) is 25.7. The standard InChI is InChI=1S/C31H27FN4O4S2/c1-20-11-17-25(18-12-20)42(39,40)36-28-10-6-3-7-22(28)19-29(36)21(2)33-31(38)35(41)24-15-13-23(14-16-24)34-30(37)26-8-4-5-9-27(26)32/h3-19,21,41H,1-2H3,(H,33,38)(H,34,37). The summed E-state index contributed by atoms with van der Waals surface area (Å²) in [5.41, 5.74) is 2.49. The summed E-state index contributed by atoms with van der Waals surface area (Å²) in [7, 11) is -3.99. The van der Waals surface area contributed by atoms with Crippen molar-refractivity contribution in [2.75, 3.05) is 9.62 Å². The second-order valence-corrected chi connectivity index (χ2v) is 11.9. The van der Waals surface area contributed by atoms with Crippen molar-refractivity contribution in [1.29, 1.82) is 0 Å². The van der Waals surface area contributed by atoms with Gasteiger partial charge in [-0.15, -0.1) is 0 Å². The predicted octanol–water partition coefficient (Wildman–Crippen LogP) is 6.70. The molecule has 0 spiro atoms. The molecular formula is C31H27FN4O4S2. The van der Waals surface area contributed by atoms with Gasteiger partial charge in [-0.05, 0) is 74.5 Å². The molecule has 1 aromatic heterocycles. The maximum atomic E-state index is 13.9. The van der Waals surface area contributed by atoms with Gasteiger partial charge in [-0.1, -0.05) is 60.8 Å². The minimum absolute atomic E-state index is 0.0902. The Morgan fingerprint density at radius 1 is 0.905 bits per heavy atom. The maximum absolute atomic E-state index is 13.9. The van der Waals surface area contributed by atoms with Crippen LogP contribution in [0, 0.1) is 12.7 Å². The van der Waals surface area contributed by atoms with Crippen molar-refractivity contribution in [3.05, 3.63) is 126 Å². The van der Waals surface area contributed by atoms with Crippen LogP contribution in [0.5, 0.6) is 0 Å².